The number of carboxylic acids is 1. The maximum absolute atomic E-state index is 11.0. The van der Waals surface area contributed by atoms with Gasteiger partial charge in [0.1, 0.15) is 12.4 Å². The first kappa shape index (κ1) is 16.5. The van der Waals surface area contributed by atoms with Crippen molar-refractivity contribution in [1.29, 1.82) is 0 Å². The van der Waals surface area contributed by atoms with Crippen molar-refractivity contribution in [3.8, 4) is 5.75 Å². The highest BCUT2D eigenvalue weighted by molar-refractivity contribution is 5.73. The molecule has 1 atom stereocenters. The third-order valence-corrected chi connectivity index (χ3v) is 3.32. The van der Waals surface area contributed by atoms with E-state index in [1.54, 1.807) is 13.8 Å². The van der Waals surface area contributed by atoms with Gasteiger partial charge in [-0.1, -0.05) is 26.0 Å². The second kappa shape index (κ2) is 7.29. The lowest BCUT2D eigenvalue weighted by atomic mass is 9.95. The lowest BCUT2D eigenvalue weighted by molar-refractivity contribution is -0.148. The maximum atomic E-state index is 11.0. The molecule has 4 nitrogen and oxygen atoms in total. The molecule has 0 aromatic heterocycles. The molecule has 0 radical (unpaired) electrons. The number of nitrogens with one attached hydrogen (secondary N) is 1. The van der Waals surface area contributed by atoms with Crippen LogP contribution in [-0.2, 0) is 4.79 Å². The molecule has 1 rings (SSSR count). The molecule has 2 N–H and O–H groups in total. The Morgan fingerprint density at radius 3 is 2.35 bits per heavy atom. The Morgan fingerprint density at radius 1 is 1.30 bits per heavy atom. The predicted molar refractivity (Wildman–Crippen MR) is 80.1 cm³/mol. The number of aliphatic carboxylic acids is 1. The van der Waals surface area contributed by atoms with Crippen molar-refractivity contribution >= 4 is 5.97 Å². The number of ether oxygens (including phenoxy) is 1. The first-order valence-electron chi connectivity index (χ1n) is 7.10. The van der Waals surface area contributed by atoms with E-state index in [2.05, 4.69) is 19.2 Å². The Morgan fingerprint density at radius 2 is 1.90 bits per heavy atom. The van der Waals surface area contributed by atoms with Gasteiger partial charge in [-0.15, -0.1) is 0 Å². The van der Waals surface area contributed by atoms with E-state index in [0.717, 1.165) is 13.0 Å². The highest BCUT2D eigenvalue weighted by Crippen LogP contribution is 2.22. The van der Waals surface area contributed by atoms with E-state index in [1.807, 2.05) is 24.3 Å². The van der Waals surface area contributed by atoms with Gasteiger partial charge in [0.05, 0.1) is 5.41 Å². The summed E-state index contributed by atoms with van der Waals surface area (Å²) in [5, 5.41) is 12.5. The second-order valence-corrected chi connectivity index (χ2v) is 5.57. The second-order valence-electron chi connectivity index (χ2n) is 5.57. The zero-order valence-electron chi connectivity index (χ0n) is 12.8. The van der Waals surface area contributed by atoms with Gasteiger partial charge in [0.25, 0.3) is 0 Å². The largest absolute Gasteiger partial charge is 0.492 e. The highest BCUT2D eigenvalue weighted by atomic mass is 16.5. The minimum Gasteiger partial charge on any atom is -0.492 e. The van der Waals surface area contributed by atoms with Crippen LogP contribution in [0.2, 0.25) is 0 Å². The molecule has 1 unspecified atom stereocenters. The Balaban J connectivity index is 2.65. The summed E-state index contributed by atoms with van der Waals surface area (Å²) in [6.45, 7) is 8.64. The van der Waals surface area contributed by atoms with Crippen LogP contribution in [0, 0.1) is 5.41 Å². The summed E-state index contributed by atoms with van der Waals surface area (Å²) in [7, 11) is 0. The number of hydrogen-bond acceptors (Lipinski definition) is 3. The van der Waals surface area contributed by atoms with Gasteiger partial charge in [-0.25, -0.2) is 0 Å². The fourth-order valence-electron chi connectivity index (χ4n) is 1.87. The molecule has 20 heavy (non-hydrogen) atoms. The monoisotopic (exact) mass is 279 g/mol. The summed E-state index contributed by atoms with van der Waals surface area (Å²) in [5.74, 6) is -0.151. The average molecular weight is 279 g/mol. The normalized spacial score (nSPS) is 13.0. The van der Waals surface area contributed by atoms with Crippen LogP contribution in [0.15, 0.2) is 24.3 Å². The van der Waals surface area contributed by atoms with E-state index in [0.29, 0.717) is 11.8 Å². The molecule has 1 aromatic rings. The third kappa shape index (κ3) is 4.53. The van der Waals surface area contributed by atoms with Crippen molar-refractivity contribution in [2.75, 3.05) is 13.2 Å². The molecule has 1 aromatic carbocycles. The van der Waals surface area contributed by atoms with Crippen LogP contribution >= 0.6 is 0 Å². The van der Waals surface area contributed by atoms with E-state index >= 15 is 0 Å². The van der Waals surface area contributed by atoms with Crippen molar-refractivity contribution in [1.82, 2.24) is 5.32 Å². The van der Waals surface area contributed by atoms with Gasteiger partial charge in [-0.2, -0.15) is 0 Å². The van der Waals surface area contributed by atoms with Crippen LogP contribution in [-0.4, -0.2) is 24.2 Å². The smallest absolute Gasteiger partial charge is 0.312 e. The summed E-state index contributed by atoms with van der Waals surface area (Å²) in [5.41, 5.74) is 0.341. The van der Waals surface area contributed by atoms with E-state index < -0.39 is 11.4 Å². The van der Waals surface area contributed by atoms with Crippen LogP contribution < -0.4 is 10.1 Å². The number of carboxylic acid groups (broad SMARTS) is 1. The fourth-order valence-corrected chi connectivity index (χ4v) is 1.87. The van der Waals surface area contributed by atoms with E-state index in [9.17, 15) is 4.79 Å². The van der Waals surface area contributed by atoms with Crippen LogP contribution in [0.3, 0.4) is 0 Å². The lowest BCUT2D eigenvalue weighted by Crippen LogP contribution is -2.30. The maximum Gasteiger partial charge on any atom is 0.312 e. The standard InChI is InChI=1S/C16H25NO3/c1-5-14(17-6-2)12-7-9-13(10-8-12)20-11-16(3,4)15(18)19/h7-10,14,17H,5-6,11H2,1-4H3,(H,18,19). The van der Waals surface area contributed by atoms with Gasteiger partial charge in [0.15, 0.2) is 0 Å². The van der Waals surface area contributed by atoms with E-state index in [-0.39, 0.29) is 6.61 Å². The molecule has 0 spiro atoms. The minimum absolute atomic E-state index is 0.159. The molecule has 0 fully saturated rings. The molecule has 0 amide bonds. The van der Waals surface area contributed by atoms with Gasteiger partial charge in [-0.3, -0.25) is 4.79 Å². The Bertz CT molecular complexity index is 426. The molecule has 0 aliphatic rings. The Hall–Kier alpha value is -1.55. The van der Waals surface area contributed by atoms with Crippen LogP contribution in [0.1, 0.15) is 45.7 Å². The molecule has 0 saturated heterocycles. The quantitative estimate of drug-likeness (QED) is 0.767. The van der Waals surface area contributed by atoms with Crippen molar-refractivity contribution in [3.05, 3.63) is 29.8 Å². The summed E-state index contributed by atoms with van der Waals surface area (Å²) in [6, 6.07) is 8.20. The Kier molecular flexibility index (Phi) is 6.02. The zero-order chi connectivity index (χ0) is 15.2. The fraction of sp³-hybridized carbons (Fsp3) is 0.562. The molecule has 0 saturated carbocycles. The van der Waals surface area contributed by atoms with Crippen molar-refractivity contribution in [2.45, 2.75) is 40.2 Å². The van der Waals surface area contributed by atoms with Gasteiger partial charge in [-0.05, 0) is 44.5 Å². The molecule has 0 aliphatic heterocycles. The topological polar surface area (TPSA) is 58.6 Å². The Labute approximate surface area is 121 Å². The van der Waals surface area contributed by atoms with Gasteiger partial charge in [0, 0.05) is 6.04 Å². The number of hydrogen-bond donors (Lipinski definition) is 2. The zero-order valence-corrected chi connectivity index (χ0v) is 12.8. The van der Waals surface area contributed by atoms with E-state index in [1.165, 1.54) is 5.56 Å². The summed E-state index contributed by atoms with van der Waals surface area (Å²) in [6.07, 6.45) is 1.03. The van der Waals surface area contributed by atoms with Crippen LogP contribution in [0.4, 0.5) is 0 Å². The van der Waals surface area contributed by atoms with Gasteiger partial charge in [0.2, 0.25) is 0 Å². The summed E-state index contributed by atoms with van der Waals surface area (Å²) < 4.78 is 5.56. The lowest BCUT2D eigenvalue weighted by Gasteiger charge is -2.20. The molecule has 4 heteroatoms. The molecular weight excluding hydrogens is 254 g/mol. The van der Waals surface area contributed by atoms with Crippen molar-refractivity contribution in [2.24, 2.45) is 5.41 Å². The number of benzene rings is 1. The predicted octanol–water partition coefficient (Wildman–Crippen LogP) is 3.24. The SMILES string of the molecule is CCNC(CC)c1ccc(OCC(C)(C)C(=O)O)cc1. The minimum atomic E-state index is -0.881. The summed E-state index contributed by atoms with van der Waals surface area (Å²) >= 11 is 0. The third-order valence-electron chi connectivity index (χ3n) is 3.32. The van der Waals surface area contributed by atoms with Crippen molar-refractivity contribution < 1.29 is 14.6 Å². The van der Waals surface area contributed by atoms with Crippen molar-refractivity contribution in [3.63, 3.8) is 0 Å². The molecule has 0 aliphatic carbocycles. The average Bonchev–Trinajstić information content (AvgIpc) is 2.43. The molecule has 112 valence electrons. The number of carbonyl (C=O) groups is 1. The number of rotatable bonds is 8. The van der Waals surface area contributed by atoms with Crippen LogP contribution in [0.25, 0.3) is 0 Å². The van der Waals surface area contributed by atoms with E-state index in [4.69, 9.17) is 9.84 Å². The summed E-state index contributed by atoms with van der Waals surface area (Å²) in [4.78, 5) is 11.0. The van der Waals surface area contributed by atoms with Gasteiger partial charge >= 0.3 is 5.97 Å². The molecular formula is C16H25NO3. The first-order chi connectivity index (χ1) is 9.40. The van der Waals surface area contributed by atoms with Crippen LogP contribution in [0.5, 0.6) is 5.75 Å². The molecule has 0 bridgehead atoms. The van der Waals surface area contributed by atoms with Gasteiger partial charge < -0.3 is 15.2 Å². The molecule has 0 heterocycles. The first-order valence-corrected chi connectivity index (χ1v) is 7.10. The highest BCUT2D eigenvalue weighted by Gasteiger charge is 2.28.